The fourth-order valence-electron chi connectivity index (χ4n) is 2.99. The van der Waals surface area contributed by atoms with Gasteiger partial charge in [0, 0.05) is 5.69 Å². The lowest BCUT2D eigenvalue weighted by Crippen LogP contribution is -2.35. The number of hydrogen-bond acceptors (Lipinski definition) is 3. The van der Waals surface area contributed by atoms with E-state index in [-0.39, 0.29) is 11.0 Å². The van der Waals surface area contributed by atoms with Crippen LogP contribution < -0.4 is 10.6 Å². The van der Waals surface area contributed by atoms with E-state index < -0.39 is 0 Å². The molecule has 2 N–H and O–H groups in total. The molecule has 3 aromatic carbocycles. The maximum atomic E-state index is 12.7. The van der Waals surface area contributed by atoms with E-state index in [9.17, 15) is 4.79 Å². The van der Waals surface area contributed by atoms with Crippen molar-refractivity contribution >= 4 is 28.9 Å². The highest BCUT2D eigenvalue weighted by atomic mass is 32.1. The van der Waals surface area contributed by atoms with Crippen LogP contribution in [0.1, 0.15) is 10.5 Å². The van der Waals surface area contributed by atoms with Gasteiger partial charge in [-0.2, -0.15) is 5.10 Å². The molecule has 0 saturated carbocycles. The minimum absolute atomic E-state index is 0.223. The number of amides is 1. The number of benzene rings is 3. The van der Waals surface area contributed by atoms with Crippen LogP contribution in [0.3, 0.4) is 0 Å². The predicted molar refractivity (Wildman–Crippen MR) is 119 cm³/mol. The van der Waals surface area contributed by atoms with E-state index in [0.717, 1.165) is 22.5 Å². The Morgan fingerprint density at radius 1 is 0.828 bits per heavy atom. The lowest BCUT2D eigenvalue weighted by Gasteiger charge is -2.12. The molecule has 1 aromatic heterocycles. The summed E-state index contributed by atoms with van der Waals surface area (Å²) >= 11 is 5.33. The summed E-state index contributed by atoms with van der Waals surface area (Å²) < 4.78 is 1.58. The van der Waals surface area contributed by atoms with E-state index >= 15 is 0 Å². The summed E-state index contributed by atoms with van der Waals surface area (Å²) in [7, 11) is 0. The molecule has 0 unspecified atom stereocenters. The zero-order valence-corrected chi connectivity index (χ0v) is 16.3. The average molecular weight is 398 g/mol. The molecule has 5 nitrogen and oxygen atoms in total. The first-order valence-corrected chi connectivity index (χ1v) is 9.49. The van der Waals surface area contributed by atoms with Gasteiger partial charge in [-0.25, -0.2) is 4.68 Å². The number of rotatable bonds is 4. The topological polar surface area (TPSA) is 59.0 Å². The predicted octanol–water partition coefficient (Wildman–Crippen LogP) is 4.67. The third kappa shape index (κ3) is 4.39. The van der Waals surface area contributed by atoms with Crippen LogP contribution in [0.5, 0.6) is 0 Å². The highest BCUT2D eigenvalue weighted by molar-refractivity contribution is 7.80. The number of hydrogen-bond donors (Lipinski definition) is 2. The second kappa shape index (κ2) is 8.50. The quantitative estimate of drug-likeness (QED) is 0.491. The molecule has 142 valence electrons. The molecule has 0 aliphatic rings. The first-order valence-electron chi connectivity index (χ1n) is 9.08. The molecular weight excluding hydrogens is 380 g/mol. The van der Waals surface area contributed by atoms with E-state index in [1.165, 1.54) is 0 Å². The van der Waals surface area contributed by atoms with Gasteiger partial charge in [-0.3, -0.25) is 10.1 Å². The lowest BCUT2D eigenvalue weighted by atomic mass is 10.1. The third-order valence-electron chi connectivity index (χ3n) is 4.33. The van der Waals surface area contributed by atoms with Gasteiger partial charge in [-0.1, -0.05) is 60.7 Å². The molecule has 0 spiro atoms. The monoisotopic (exact) mass is 398 g/mol. The van der Waals surface area contributed by atoms with Crippen molar-refractivity contribution in [2.75, 3.05) is 5.32 Å². The minimum Gasteiger partial charge on any atom is -0.332 e. The zero-order valence-electron chi connectivity index (χ0n) is 15.4. The summed E-state index contributed by atoms with van der Waals surface area (Å²) in [5, 5.41) is 10.3. The Balaban J connectivity index is 1.46. The Bertz CT molecular complexity index is 1140. The highest BCUT2D eigenvalue weighted by Gasteiger charge is 2.14. The number of anilines is 1. The molecule has 0 saturated heterocycles. The van der Waals surface area contributed by atoms with Crippen molar-refractivity contribution < 1.29 is 4.79 Å². The van der Waals surface area contributed by atoms with Gasteiger partial charge in [0.1, 0.15) is 5.69 Å². The van der Waals surface area contributed by atoms with Crippen molar-refractivity contribution in [2.24, 2.45) is 0 Å². The maximum absolute atomic E-state index is 12.7. The van der Waals surface area contributed by atoms with E-state index in [1.807, 2.05) is 84.9 Å². The molecule has 0 radical (unpaired) electrons. The van der Waals surface area contributed by atoms with Crippen molar-refractivity contribution in [3.05, 3.63) is 103 Å². The van der Waals surface area contributed by atoms with Crippen molar-refractivity contribution in [1.29, 1.82) is 0 Å². The van der Waals surface area contributed by atoms with Gasteiger partial charge >= 0.3 is 0 Å². The molecule has 0 atom stereocenters. The number of thiocarbonyl (C=S) groups is 1. The summed E-state index contributed by atoms with van der Waals surface area (Å²) in [5.74, 6) is -0.330. The second-order valence-corrected chi connectivity index (χ2v) is 6.73. The molecular formula is C23H18N4OS. The molecule has 1 heterocycles. The first kappa shape index (κ1) is 18.6. The SMILES string of the molecule is O=C(NC(=S)Nc1cccc(-c2ccccc2)c1)c1ccnn1-c1ccccc1. The second-order valence-electron chi connectivity index (χ2n) is 6.32. The fraction of sp³-hybridized carbons (Fsp3) is 0. The van der Waals surface area contributed by atoms with Crippen molar-refractivity contribution in [3.63, 3.8) is 0 Å². The van der Waals surface area contributed by atoms with Crippen LogP contribution in [0.15, 0.2) is 97.2 Å². The van der Waals surface area contributed by atoms with Crippen LogP contribution in [-0.4, -0.2) is 20.8 Å². The van der Waals surface area contributed by atoms with Gasteiger partial charge in [0.15, 0.2) is 5.11 Å². The number of carbonyl (C=O) groups is 1. The summed E-state index contributed by atoms with van der Waals surface area (Å²) in [5.41, 5.74) is 4.17. The minimum atomic E-state index is -0.330. The van der Waals surface area contributed by atoms with Gasteiger partial charge in [-0.05, 0) is 53.7 Å². The van der Waals surface area contributed by atoms with Gasteiger partial charge in [-0.15, -0.1) is 0 Å². The zero-order chi connectivity index (χ0) is 20.1. The van der Waals surface area contributed by atoms with Crippen molar-refractivity contribution in [1.82, 2.24) is 15.1 Å². The Morgan fingerprint density at radius 2 is 1.52 bits per heavy atom. The molecule has 4 rings (SSSR count). The number of carbonyl (C=O) groups excluding carboxylic acids is 1. The smallest absolute Gasteiger partial charge is 0.276 e. The molecule has 0 fully saturated rings. The molecule has 0 aliphatic carbocycles. The van der Waals surface area contributed by atoms with Crippen molar-refractivity contribution in [3.8, 4) is 16.8 Å². The van der Waals surface area contributed by atoms with Gasteiger partial charge in [0.2, 0.25) is 0 Å². The largest absolute Gasteiger partial charge is 0.332 e. The molecule has 6 heteroatoms. The number of nitrogens with zero attached hydrogens (tertiary/aromatic N) is 2. The van der Waals surface area contributed by atoms with Crippen LogP contribution in [-0.2, 0) is 0 Å². The average Bonchev–Trinajstić information content (AvgIpc) is 3.25. The summed E-state index contributed by atoms with van der Waals surface area (Å²) in [4.78, 5) is 12.7. The third-order valence-corrected chi connectivity index (χ3v) is 4.53. The standard InChI is InChI=1S/C23H18N4OS/c28-22(21-14-15-24-27(21)20-12-5-2-6-13-20)26-23(29)25-19-11-7-10-18(16-19)17-8-3-1-4-9-17/h1-16H,(H2,25,26,28,29). The Kier molecular flexibility index (Phi) is 5.45. The Morgan fingerprint density at radius 3 is 2.28 bits per heavy atom. The van der Waals surface area contributed by atoms with E-state index in [2.05, 4.69) is 15.7 Å². The molecule has 0 bridgehead atoms. The number of para-hydroxylation sites is 1. The fourth-order valence-corrected chi connectivity index (χ4v) is 3.20. The van der Waals surface area contributed by atoms with Crippen molar-refractivity contribution in [2.45, 2.75) is 0 Å². The van der Waals surface area contributed by atoms with Crippen LogP contribution in [0.4, 0.5) is 5.69 Å². The van der Waals surface area contributed by atoms with E-state index in [0.29, 0.717) is 5.69 Å². The summed E-state index contributed by atoms with van der Waals surface area (Å²) in [6.45, 7) is 0. The van der Waals surface area contributed by atoms with Gasteiger partial charge in [0.05, 0.1) is 11.9 Å². The normalized spacial score (nSPS) is 10.3. The molecule has 4 aromatic rings. The van der Waals surface area contributed by atoms with Crippen LogP contribution >= 0.6 is 12.2 Å². The molecule has 0 aliphatic heterocycles. The van der Waals surface area contributed by atoms with Crippen LogP contribution in [0, 0.1) is 0 Å². The van der Waals surface area contributed by atoms with Crippen LogP contribution in [0.25, 0.3) is 16.8 Å². The summed E-state index contributed by atoms with van der Waals surface area (Å²) in [6, 6.07) is 29.0. The number of nitrogens with one attached hydrogen (secondary N) is 2. The first-order chi connectivity index (χ1) is 14.2. The summed E-state index contributed by atoms with van der Waals surface area (Å²) in [6.07, 6.45) is 1.59. The Labute approximate surface area is 174 Å². The Hall–Kier alpha value is -3.77. The molecule has 29 heavy (non-hydrogen) atoms. The molecule has 1 amide bonds. The maximum Gasteiger partial charge on any atom is 0.276 e. The van der Waals surface area contributed by atoms with Gasteiger partial charge < -0.3 is 5.32 Å². The van der Waals surface area contributed by atoms with Gasteiger partial charge in [0.25, 0.3) is 5.91 Å². The van der Waals surface area contributed by atoms with E-state index in [1.54, 1.807) is 16.9 Å². The highest BCUT2D eigenvalue weighted by Crippen LogP contribution is 2.22. The number of aromatic nitrogens is 2. The lowest BCUT2D eigenvalue weighted by molar-refractivity contribution is 0.0970. The van der Waals surface area contributed by atoms with Crippen LogP contribution in [0.2, 0.25) is 0 Å². The van der Waals surface area contributed by atoms with E-state index in [4.69, 9.17) is 12.2 Å².